The van der Waals surface area contributed by atoms with Gasteiger partial charge in [0, 0.05) is 28.2 Å². The first-order valence-electron chi connectivity index (χ1n) is 3.95. The van der Waals surface area contributed by atoms with Crippen LogP contribution >= 0.6 is 0 Å². The van der Waals surface area contributed by atoms with Crippen molar-refractivity contribution >= 4 is 14.7 Å². The molecule has 0 aliphatic heterocycles. The zero-order valence-corrected chi connectivity index (χ0v) is 9.70. The van der Waals surface area contributed by atoms with Crippen LogP contribution < -0.4 is 0 Å². The lowest BCUT2D eigenvalue weighted by atomic mass is 10.5. The average molecular weight is 207 g/mol. The standard InChI is InChI=1S/C7H17NO4Si/c1-6(9)8(3)7(2)13(10,11-4)12-5/h7,10H,1-5H3. The van der Waals surface area contributed by atoms with E-state index in [0.29, 0.717) is 0 Å². The molecule has 5 nitrogen and oxygen atoms in total. The Hall–Kier alpha value is -0.433. The third-order valence-corrected chi connectivity index (χ3v) is 4.80. The van der Waals surface area contributed by atoms with Crippen LogP contribution in [0.4, 0.5) is 0 Å². The molecule has 0 aliphatic carbocycles. The number of hydrogen-bond donors (Lipinski definition) is 1. The largest absolute Gasteiger partial charge is 0.521 e. The summed E-state index contributed by atoms with van der Waals surface area (Å²) in [6.45, 7) is 3.12. The van der Waals surface area contributed by atoms with Crippen molar-refractivity contribution in [2.24, 2.45) is 0 Å². The van der Waals surface area contributed by atoms with Gasteiger partial charge in [-0.1, -0.05) is 0 Å². The van der Waals surface area contributed by atoms with Crippen molar-refractivity contribution in [3.8, 4) is 0 Å². The maximum atomic E-state index is 11.0. The molecule has 0 bridgehead atoms. The second-order valence-corrected chi connectivity index (χ2v) is 5.76. The maximum absolute atomic E-state index is 11.0. The fraction of sp³-hybridized carbons (Fsp3) is 0.857. The quantitative estimate of drug-likeness (QED) is 0.638. The van der Waals surface area contributed by atoms with Gasteiger partial charge >= 0.3 is 8.80 Å². The Morgan fingerprint density at radius 3 is 2.08 bits per heavy atom. The molecule has 0 rings (SSSR count). The van der Waals surface area contributed by atoms with Crippen LogP contribution in [0, 0.1) is 0 Å². The van der Waals surface area contributed by atoms with Crippen molar-refractivity contribution in [3.63, 3.8) is 0 Å². The smallest absolute Gasteiger partial charge is 0.389 e. The van der Waals surface area contributed by atoms with Crippen LogP contribution in [0.3, 0.4) is 0 Å². The molecule has 0 saturated heterocycles. The lowest BCUT2D eigenvalue weighted by Gasteiger charge is -2.32. The maximum Gasteiger partial charge on any atom is 0.521 e. The van der Waals surface area contributed by atoms with Gasteiger partial charge in [0.15, 0.2) is 0 Å². The summed E-state index contributed by atoms with van der Waals surface area (Å²) < 4.78 is 9.80. The lowest BCUT2D eigenvalue weighted by Crippen LogP contribution is -2.58. The fourth-order valence-electron chi connectivity index (χ4n) is 0.942. The van der Waals surface area contributed by atoms with Gasteiger partial charge in [-0.15, -0.1) is 0 Å². The molecule has 0 aromatic heterocycles. The van der Waals surface area contributed by atoms with Gasteiger partial charge in [-0.2, -0.15) is 0 Å². The summed E-state index contributed by atoms with van der Waals surface area (Å²) in [4.78, 5) is 22.2. The molecule has 1 atom stereocenters. The molecule has 0 aliphatic rings. The number of hydrogen-bond acceptors (Lipinski definition) is 4. The van der Waals surface area contributed by atoms with Crippen LogP contribution in [0.1, 0.15) is 13.8 Å². The Labute approximate surface area is 79.6 Å². The molecule has 13 heavy (non-hydrogen) atoms. The van der Waals surface area contributed by atoms with Crippen LogP contribution in [0.2, 0.25) is 0 Å². The predicted molar refractivity (Wildman–Crippen MR) is 49.9 cm³/mol. The molecular weight excluding hydrogens is 190 g/mol. The van der Waals surface area contributed by atoms with Gasteiger partial charge in [-0.25, -0.2) is 0 Å². The average Bonchev–Trinajstić information content (AvgIpc) is 2.14. The summed E-state index contributed by atoms with van der Waals surface area (Å²) in [7, 11) is 1.13. The molecule has 1 N–H and O–H groups in total. The van der Waals surface area contributed by atoms with E-state index in [0.717, 1.165) is 0 Å². The lowest BCUT2D eigenvalue weighted by molar-refractivity contribution is -0.129. The molecule has 0 aromatic carbocycles. The summed E-state index contributed by atoms with van der Waals surface area (Å²) in [5, 5.41) is 0. The Balaban J connectivity index is 4.54. The number of nitrogens with zero attached hydrogens (tertiary/aromatic N) is 1. The molecule has 0 radical (unpaired) electrons. The number of carbonyl (C=O) groups excluding carboxylic acids is 1. The highest BCUT2D eigenvalue weighted by molar-refractivity contribution is 6.61. The van der Waals surface area contributed by atoms with E-state index in [2.05, 4.69) is 0 Å². The van der Waals surface area contributed by atoms with E-state index in [-0.39, 0.29) is 5.91 Å². The topological polar surface area (TPSA) is 59.0 Å². The third kappa shape index (κ3) is 2.77. The van der Waals surface area contributed by atoms with Crippen molar-refractivity contribution in [2.45, 2.75) is 19.5 Å². The van der Waals surface area contributed by atoms with Gasteiger partial charge in [0.1, 0.15) is 0 Å². The first-order valence-corrected chi connectivity index (χ1v) is 5.79. The molecule has 1 amide bonds. The normalized spacial score (nSPS) is 14.0. The van der Waals surface area contributed by atoms with Crippen LogP contribution in [0.25, 0.3) is 0 Å². The molecule has 78 valence electrons. The minimum atomic E-state index is -3.22. The number of carbonyl (C=O) groups is 1. The first-order chi connectivity index (χ1) is 5.89. The van der Waals surface area contributed by atoms with Gasteiger partial charge in [0.05, 0.1) is 5.67 Å². The van der Waals surface area contributed by atoms with Gasteiger partial charge in [0.25, 0.3) is 0 Å². The van der Waals surface area contributed by atoms with Crippen molar-refractivity contribution in [2.75, 3.05) is 21.3 Å². The van der Waals surface area contributed by atoms with Gasteiger partial charge in [-0.3, -0.25) is 4.79 Å². The monoisotopic (exact) mass is 207 g/mol. The molecule has 1 unspecified atom stereocenters. The van der Waals surface area contributed by atoms with Crippen molar-refractivity contribution in [3.05, 3.63) is 0 Å². The molecule has 6 heteroatoms. The molecular formula is C7H17NO4Si. The number of rotatable bonds is 4. The molecule has 0 heterocycles. The summed E-state index contributed by atoms with van der Waals surface area (Å²) in [5.74, 6) is -0.132. The minimum Gasteiger partial charge on any atom is -0.389 e. The van der Waals surface area contributed by atoms with E-state index in [4.69, 9.17) is 8.85 Å². The minimum absolute atomic E-state index is 0.132. The van der Waals surface area contributed by atoms with Crippen molar-refractivity contribution in [1.82, 2.24) is 4.90 Å². The third-order valence-electron chi connectivity index (χ3n) is 2.19. The fourth-order valence-corrected chi connectivity index (χ4v) is 2.46. The second-order valence-electron chi connectivity index (χ2n) is 2.84. The highest BCUT2D eigenvalue weighted by Gasteiger charge is 2.44. The van der Waals surface area contributed by atoms with Crippen molar-refractivity contribution < 1.29 is 18.4 Å². The van der Waals surface area contributed by atoms with E-state index in [1.54, 1.807) is 14.0 Å². The molecule has 0 fully saturated rings. The Morgan fingerprint density at radius 2 is 1.85 bits per heavy atom. The predicted octanol–water partition coefficient (Wildman–Crippen LogP) is -0.384. The van der Waals surface area contributed by atoms with E-state index >= 15 is 0 Å². The summed E-state index contributed by atoms with van der Waals surface area (Å²) in [6.07, 6.45) is 0. The highest BCUT2D eigenvalue weighted by atomic mass is 28.4. The molecule has 0 saturated carbocycles. The van der Waals surface area contributed by atoms with E-state index < -0.39 is 14.5 Å². The summed E-state index contributed by atoms with van der Waals surface area (Å²) in [5.41, 5.74) is -0.431. The Bertz CT molecular complexity index is 183. The molecule has 0 spiro atoms. The summed E-state index contributed by atoms with van der Waals surface area (Å²) >= 11 is 0. The van der Waals surface area contributed by atoms with E-state index in [9.17, 15) is 9.59 Å². The zero-order valence-electron chi connectivity index (χ0n) is 8.70. The van der Waals surface area contributed by atoms with Gasteiger partial charge < -0.3 is 18.5 Å². The first kappa shape index (κ1) is 12.6. The van der Waals surface area contributed by atoms with Crippen molar-refractivity contribution in [1.29, 1.82) is 0 Å². The summed E-state index contributed by atoms with van der Waals surface area (Å²) in [6, 6.07) is 0. The van der Waals surface area contributed by atoms with Crippen LogP contribution in [-0.4, -0.2) is 51.3 Å². The Morgan fingerprint density at radius 1 is 1.46 bits per heavy atom. The molecule has 0 aromatic rings. The van der Waals surface area contributed by atoms with Gasteiger partial charge in [-0.05, 0) is 6.92 Å². The van der Waals surface area contributed by atoms with Crippen LogP contribution in [0.5, 0.6) is 0 Å². The highest BCUT2D eigenvalue weighted by Crippen LogP contribution is 2.11. The SMILES string of the molecule is CO[Si](O)(OC)C(C)N(C)C(C)=O. The van der Waals surface area contributed by atoms with E-state index in [1.807, 2.05) is 0 Å². The second kappa shape index (κ2) is 4.71. The van der Waals surface area contributed by atoms with Gasteiger partial charge in [0.2, 0.25) is 5.91 Å². The van der Waals surface area contributed by atoms with Crippen LogP contribution in [-0.2, 0) is 13.6 Å². The number of amides is 1. The van der Waals surface area contributed by atoms with Crippen LogP contribution in [0.15, 0.2) is 0 Å². The Kier molecular flexibility index (Phi) is 4.55. The zero-order chi connectivity index (χ0) is 10.6. The van der Waals surface area contributed by atoms with E-state index in [1.165, 1.54) is 26.0 Å².